The van der Waals surface area contributed by atoms with Crippen LogP contribution in [0.1, 0.15) is 26.2 Å². The zero-order chi connectivity index (χ0) is 11.4. The molecule has 2 N–H and O–H groups in total. The van der Waals surface area contributed by atoms with E-state index in [4.69, 9.17) is 5.11 Å². The van der Waals surface area contributed by atoms with Gasteiger partial charge in [0.15, 0.2) is 0 Å². The molecule has 15 heavy (non-hydrogen) atoms. The lowest BCUT2D eigenvalue weighted by molar-refractivity contribution is -0.137. The summed E-state index contributed by atoms with van der Waals surface area (Å²) in [4.78, 5) is 24.1. The van der Waals surface area contributed by atoms with Gasteiger partial charge in [-0.1, -0.05) is 0 Å². The van der Waals surface area contributed by atoms with Crippen molar-refractivity contribution in [2.75, 3.05) is 13.6 Å². The molecule has 1 aliphatic rings. The first-order valence-electron chi connectivity index (χ1n) is 5.24. The number of likely N-dealkylation sites (N-methyl/N-ethyl adjacent to an activating group) is 1. The van der Waals surface area contributed by atoms with Crippen molar-refractivity contribution in [3.8, 4) is 0 Å². The molecule has 0 radical (unpaired) electrons. The van der Waals surface area contributed by atoms with E-state index in [-0.39, 0.29) is 18.4 Å². The Balaban J connectivity index is 2.62. The van der Waals surface area contributed by atoms with Gasteiger partial charge in [0.05, 0.1) is 6.04 Å². The Morgan fingerprint density at radius 3 is 2.93 bits per heavy atom. The minimum atomic E-state index is -0.854. The molecule has 5 nitrogen and oxygen atoms in total. The van der Waals surface area contributed by atoms with Crippen LogP contribution in [0.3, 0.4) is 0 Å². The Kier molecular flexibility index (Phi) is 4.08. The van der Waals surface area contributed by atoms with Crippen molar-refractivity contribution in [2.45, 2.75) is 38.3 Å². The number of carboxylic acid groups (broad SMARTS) is 1. The number of nitrogens with zero attached hydrogens (tertiary/aromatic N) is 1. The number of hydrogen-bond acceptors (Lipinski definition) is 3. The summed E-state index contributed by atoms with van der Waals surface area (Å²) in [5.41, 5.74) is 0. The predicted octanol–water partition coefficient (Wildman–Crippen LogP) is 0.0600. The van der Waals surface area contributed by atoms with Crippen molar-refractivity contribution >= 4 is 11.9 Å². The van der Waals surface area contributed by atoms with Crippen LogP contribution >= 0.6 is 0 Å². The van der Waals surface area contributed by atoms with Crippen molar-refractivity contribution in [2.24, 2.45) is 0 Å². The standard InChI is InChI=1S/C10H18N2O3/c1-7-5-6-11-10(15)8(12(7)2)3-4-9(13)14/h7-8H,3-6H2,1-2H3,(H,11,15)(H,13,14). The topological polar surface area (TPSA) is 69.6 Å². The molecule has 1 fully saturated rings. The highest BCUT2D eigenvalue weighted by Gasteiger charge is 2.29. The van der Waals surface area contributed by atoms with Crippen LogP contribution in [-0.4, -0.2) is 47.6 Å². The Morgan fingerprint density at radius 1 is 1.67 bits per heavy atom. The van der Waals surface area contributed by atoms with E-state index in [1.807, 2.05) is 18.9 Å². The maximum absolute atomic E-state index is 11.6. The van der Waals surface area contributed by atoms with E-state index in [0.29, 0.717) is 19.0 Å². The van der Waals surface area contributed by atoms with Crippen molar-refractivity contribution in [1.82, 2.24) is 10.2 Å². The molecule has 1 saturated heterocycles. The highest BCUT2D eigenvalue weighted by molar-refractivity contribution is 5.82. The molecule has 0 aromatic rings. The van der Waals surface area contributed by atoms with Crippen LogP contribution in [0, 0.1) is 0 Å². The first kappa shape index (κ1) is 12.0. The van der Waals surface area contributed by atoms with E-state index >= 15 is 0 Å². The van der Waals surface area contributed by atoms with Crippen molar-refractivity contribution in [1.29, 1.82) is 0 Å². The normalized spacial score (nSPS) is 28.3. The van der Waals surface area contributed by atoms with Gasteiger partial charge in [0.2, 0.25) is 5.91 Å². The average molecular weight is 214 g/mol. The zero-order valence-electron chi connectivity index (χ0n) is 9.19. The summed E-state index contributed by atoms with van der Waals surface area (Å²) in [7, 11) is 1.88. The SMILES string of the molecule is CC1CCNC(=O)C(CCC(=O)O)N1C. The molecular formula is C10H18N2O3. The van der Waals surface area contributed by atoms with Gasteiger partial charge < -0.3 is 10.4 Å². The number of carbonyl (C=O) groups is 2. The molecule has 0 bridgehead atoms. The monoisotopic (exact) mass is 214 g/mol. The molecule has 1 amide bonds. The average Bonchev–Trinajstić information content (AvgIpc) is 2.26. The molecule has 0 aromatic heterocycles. The molecule has 1 aliphatic heterocycles. The van der Waals surface area contributed by atoms with E-state index in [1.165, 1.54) is 0 Å². The maximum Gasteiger partial charge on any atom is 0.303 e. The lowest BCUT2D eigenvalue weighted by atomic mass is 10.1. The minimum absolute atomic E-state index is 0.0369. The second-order valence-electron chi connectivity index (χ2n) is 4.04. The Bertz CT molecular complexity index is 255. The van der Waals surface area contributed by atoms with Crippen LogP contribution < -0.4 is 5.32 Å². The molecule has 2 unspecified atom stereocenters. The van der Waals surface area contributed by atoms with Gasteiger partial charge >= 0.3 is 5.97 Å². The van der Waals surface area contributed by atoms with Gasteiger partial charge in [-0.2, -0.15) is 0 Å². The van der Waals surface area contributed by atoms with Gasteiger partial charge in [0.25, 0.3) is 0 Å². The Labute approximate surface area is 89.4 Å². The van der Waals surface area contributed by atoms with E-state index in [0.717, 1.165) is 6.42 Å². The van der Waals surface area contributed by atoms with E-state index < -0.39 is 5.97 Å². The largest absolute Gasteiger partial charge is 0.481 e. The molecule has 0 spiro atoms. The molecular weight excluding hydrogens is 196 g/mol. The van der Waals surface area contributed by atoms with Crippen LogP contribution in [0.2, 0.25) is 0 Å². The summed E-state index contributed by atoms with van der Waals surface area (Å²) in [6.45, 7) is 2.72. The third-order valence-electron chi connectivity index (χ3n) is 2.98. The number of carbonyl (C=O) groups excluding carboxylic acids is 1. The molecule has 5 heteroatoms. The van der Waals surface area contributed by atoms with Gasteiger partial charge in [-0.25, -0.2) is 0 Å². The number of aliphatic carboxylic acids is 1. The lowest BCUT2D eigenvalue weighted by Crippen LogP contribution is -2.44. The second-order valence-corrected chi connectivity index (χ2v) is 4.04. The summed E-state index contributed by atoms with van der Waals surface area (Å²) in [6.07, 6.45) is 1.32. The lowest BCUT2D eigenvalue weighted by Gasteiger charge is -2.28. The molecule has 2 atom stereocenters. The summed E-state index contributed by atoms with van der Waals surface area (Å²) in [5.74, 6) is -0.906. The fourth-order valence-corrected chi connectivity index (χ4v) is 1.81. The number of hydrogen-bond donors (Lipinski definition) is 2. The van der Waals surface area contributed by atoms with Crippen molar-refractivity contribution in [3.05, 3.63) is 0 Å². The third kappa shape index (κ3) is 3.20. The molecule has 86 valence electrons. The molecule has 1 rings (SSSR count). The molecule has 0 saturated carbocycles. The van der Waals surface area contributed by atoms with Gasteiger partial charge in [-0.05, 0) is 26.8 Å². The summed E-state index contributed by atoms with van der Waals surface area (Å²) < 4.78 is 0. The van der Waals surface area contributed by atoms with E-state index in [9.17, 15) is 9.59 Å². The predicted molar refractivity (Wildman–Crippen MR) is 55.5 cm³/mol. The number of amides is 1. The van der Waals surface area contributed by atoms with Gasteiger partial charge in [0.1, 0.15) is 0 Å². The fraction of sp³-hybridized carbons (Fsp3) is 0.800. The highest BCUT2D eigenvalue weighted by Crippen LogP contribution is 2.14. The van der Waals surface area contributed by atoms with Crippen molar-refractivity contribution in [3.63, 3.8) is 0 Å². The zero-order valence-corrected chi connectivity index (χ0v) is 9.19. The summed E-state index contributed by atoms with van der Waals surface area (Å²) >= 11 is 0. The molecule has 0 aromatic carbocycles. The van der Waals surface area contributed by atoms with Crippen LogP contribution in [0.25, 0.3) is 0 Å². The third-order valence-corrected chi connectivity index (χ3v) is 2.98. The maximum atomic E-state index is 11.6. The number of carboxylic acids is 1. The summed E-state index contributed by atoms with van der Waals surface area (Å²) in [5, 5.41) is 11.4. The quantitative estimate of drug-likeness (QED) is 0.697. The van der Waals surface area contributed by atoms with Gasteiger partial charge in [-0.3, -0.25) is 14.5 Å². The first-order chi connectivity index (χ1) is 7.02. The minimum Gasteiger partial charge on any atom is -0.481 e. The van der Waals surface area contributed by atoms with Crippen molar-refractivity contribution < 1.29 is 14.7 Å². The van der Waals surface area contributed by atoms with Crippen LogP contribution in [0.4, 0.5) is 0 Å². The fourth-order valence-electron chi connectivity index (χ4n) is 1.81. The van der Waals surface area contributed by atoms with Gasteiger partial charge in [-0.15, -0.1) is 0 Å². The van der Waals surface area contributed by atoms with Crippen LogP contribution in [0.5, 0.6) is 0 Å². The van der Waals surface area contributed by atoms with Crippen LogP contribution in [0.15, 0.2) is 0 Å². The highest BCUT2D eigenvalue weighted by atomic mass is 16.4. The molecule has 0 aliphatic carbocycles. The Hall–Kier alpha value is -1.10. The van der Waals surface area contributed by atoms with E-state index in [1.54, 1.807) is 0 Å². The molecule has 1 heterocycles. The smallest absolute Gasteiger partial charge is 0.303 e. The first-order valence-corrected chi connectivity index (χ1v) is 5.24. The second kappa shape index (κ2) is 5.11. The Morgan fingerprint density at radius 2 is 2.33 bits per heavy atom. The van der Waals surface area contributed by atoms with Crippen LogP contribution in [-0.2, 0) is 9.59 Å². The van der Waals surface area contributed by atoms with E-state index in [2.05, 4.69) is 5.32 Å². The number of nitrogens with one attached hydrogen (secondary N) is 1. The van der Waals surface area contributed by atoms with Gasteiger partial charge in [0, 0.05) is 19.0 Å². The number of rotatable bonds is 3. The summed E-state index contributed by atoms with van der Waals surface area (Å²) in [6, 6.07) is 0.00125.